The van der Waals surface area contributed by atoms with Crippen molar-refractivity contribution in [1.82, 2.24) is 14.5 Å². The molecule has 3 aromatic carbocycles. The molecule has 4 aromatic rings. The van der Waals surface area contributed by atoms with Gasteiger partial charge >= 0.3 is 6.18 Å². The van der Waals surface area contributed by atoms with Crippen LogP contribution in [0.25, 0.3) is 16.6 Å². The van der Waals surface area contributed by atoms with Gasteiger partial charge < -0.3 is 9.64 Å². The summed E-state index contributed by atoms with van der Waals surface area (Å²) in [5, 5.41) is 0.714. The van der Waals surface area contributed by atoms with Gasteiger partial charge in [0.15, 0.2) is 0 Å². The van der Waals surface area contributed by atoms with Crippen LogP contribution in [0.4, 0.5) is 13.2 Å². The summed E-state index contributed by atoms with van der Waals surface area (Å²) in [5.41, 5.74) is -0.549. The van der Waals surface area contributed by atoms with Gasteiger partial charge in [-0.25, -0.2) is 4.98 Å². The van der Waals surface area contributed by atoms with Crippen molar-refractivity contribution in [3.05, 3.63) is 99.1 Å². The average molecular weight is 572 g/mol. The molecule has 0 radical (unpaired) electrons. The quantitative estimate of drug-likeness (QED) is 0.222. The number of hydrogen-bond donors (Lipinski definition) is 0. The van der Waals surface area contributed by atoms with Gasteiger partial charge in [-0.2, -0.15) is 13.2 Å². The average Bonchev–Trinajstić information content (AvgIpc) is 2.92. The maximum Gasteiger partial charge on any atom is 0.416 e. The van der Waals surface area contributed by atoms with Crippen LogP contribution in [0.15, 0.2) is 71.5 Å². The molecule has 0 N–H and O–H groups in total. The number of ether oxygens (including phenoxy) is 1. The summed E-state index contributed by atoms with van der Waals surface area (Å²) in [6.07, 6.45) is -4.01. The highest BCUT2D eigenvalue weighted by Crippen LogP contribution is 2.31. The molecule has 0 fully saturated rings. The van der Waals surface area contributed by atoms with Crippen molar-refractivity contribution >= 4 is 28.4 Å². The Morgan fingerprint density at radius 2 is 1.75 bits per heavy atom. The van der Waals surface area contributed by atoms with E-state index >= 15 is 0 Å². The standard InChI is InChI=1S/C30H29ClF3N3O3/c1-18(2)14-15-36(28(38)20-6-5-7-21(16-20)30(32,33)34)19(3)27-35-26-17-22(31)8-13-25(26)29(39)37(27)23-9-11-24(40-4)12-10-23/h5-13,16-19H,14-15H2,1-4H3. The minimum Gasteiger partial charge on any atom is -0.497 e. The molecular formula is C30H29ClF3N3O3. The molecule has 1 heterocycles. The van der Waals surface area contributed by atoms with Gasteiger partial charge in [-0.15, -0.1) is 0 Å². The normalized spacial score (nSPS) is 12.5. The van der Waals surface area contributed by atoms with Crippen LogP contribution in [-0.2, 0) is 6.18 Å². The molecule has 0 aliphatic rings. The van der Waals surface area contributed by atoms with Gasteiger partial charge in [0.25, 0.3) is 11.5 Å². The fourth-order valence-electron chi connectivity index (χ4n) is 4.44. The predicted octanol–water partition coefficient (Wildman–Crippen LogP) is 7.32. The number of rotatable bonds is 8. The number of aromatic nitrogens is 2. The highest BCUT2D eigenvalue weighted by molar-refractivity contribution is 6.31. The van der Waals surface area contributed by atoms with Crippen molar-refractivity contribution in [3.8, 4) is 11.4 Å². The van der Waals surface area contributed by atoms with E-state index in [-0.39, 0.29) is 29.4 Å². The molecule has 10 heteroatoms. The molecular weight excluding hydrogens is 543 g/mol. The zero-order chi connectivity index (χ0) is 29.2. The highest BCUT2D eigenvalue weighted by atomic mass is 35.5. The van der Waals surface area contributed by atoms with Gasteiger partial charge in [0.1, 0.15) is 11.6 Å². The maximum absolute atomic E-state index is 13.8. The lowest BCUT2D eigenvalue weighted by Crippen LogP contribution is -2.38. The Kier molecular flexibility index (Phi) is 8.54. The van der Waals surface area contributed by atoms with Crippen LogP contribution < -0.4 is 10.3 Å². The van der Waals surface area contributed by atoms with Crippen molar-refractivity contribution in [2.45, 2.75) is 39.4 Å². The van der Waals surface area contributed by atoms with E-state index in [4.69, 9.17) is 21.3 Å². The Bertz CT molecular complexity index is 1580. The molecule has 1 amide bonds. The van der Waals surface area contributed by atoms with Crippen molar-refractivity contribution in [3.63, 3.8) is 0 Å². The summed E-state index contributed by atoms with van der Waals surface area (Å²) in [4.78, 5) is 33.9. The van der Waals surface area contributed by atoms with Crippen molar-refractivity contribution in [2.24, 2.45) is 5.92 Å². The van der Waals surface area contributed by atoms with Crippen LogP contribution in [0.3, 0.4) is 0 Å². The van der Waals surface area contributed by atoms with Gasteiger partial charge in [0.05, 0.1) is 35.3 Å². The van der Waals surface area contributed by atoms with Gasteiger partial charge in [0, 0.05) is 17.1 Å². The SMILES string of the molecule is COc1ccc(-n2c(C(C)N(CCC(C)C)C(=O)c3cccc(C(F)(F)F)c3)nc3cc(Cl)ccc3c2=O)cc1. The number of alkyl halides is 3. The summed E-state index contributed by atoms with van der Waals surface area (Å²) < 4.78 is 47.0. The Hall–Kier alpha value is -3.85. The Morgan fingerprint density at radius 1 is 1.05 bits per heavy atom. The van der Waals surface area contributed by atoms with E-state index in [1.807, 2.05) is 13.8 Å². The molecule has 40 heavy (non-hydrogen) atoms. The lowest BCUT2D eigenvalue weighted by molar-refractivity contribution is -0.137. The monoisotopic (exact) mass is 571 g/mol. The second kappa shape index (κ2) is 11.7. The van der Waals surface area contributed by atoms with Gasteiger partial charge in [-0.05, 0) is 79.9 Å². The second-order valence-electron chi connectivity index (χ2n) is 9.91. The summed E-state index contributed by atoms with van der Waals surface area (Å²) in [6.45, 7) is 5.92. The fraction of sp³-hybridized carbons (Fsp3) is 0.300. The fourth-order valence-corrected chi connectivity index (χ4v) is 4.61. The van der Waals surface area contributed by atoms with E-state index in [1.165, 1.54) is 28.7 Å². The smallest absolute Gasteiger partial charge is 0.416 e. The van der Waals surface area contributed by atoms with E-state index in [2.05, 4.69) is 0 Å². The molecule has 0 spiro atoms. The number of carbonyl (C=O) groups excluding carboxylic acids is 1. The lowest BCUT2D eigenvalue weighted by Gasteiger charge is -2.31. The first-order chi connectivity index (χ1) is 18.9. The third-order valence-electron chi connectivity index (χ3n) is 6.67. The molecule has 1 aromatic heterocycles. The van der Waals surface area contributed by atoms with Crippen LogP contribution >= 0.6 is 11.6 Å². The number of benzene rings is 3. The number of carbonyl (C=O) groups is 1. The van der Waals surface area contributed by atoms with E-state index in [0.717, 1.165) is 12.1 Å². The number of hydrogen-bond acceptors (Lipinski definition) is 4. The largest absolute Gasteiger partial charge is 0.497 e. The van der Waals surface area contributed by atoms with Crippen molar-refractivity contribution in [1.29, 1.82) is 0 Å². The molecule has 0 aliphatic heterocycles. The molecule has 0 bridgehead atoms. The van der Waals surface area contributed by atoms with E-state index < -0.39 is 23.7 Å². The predicted molar refractivity (Wildman–Crippen MR) is 149 cm³/mol. The molecule has 0 aliphatic carbocycles. The van der Waals surface area contributed by atoms with E-state index in [1.54, 1.807) is 49.4 Å². The zero-order valence-electron chi connectivity index (χ0n) is 22.5. The summed E-state index contributed by atoms with van der Waals surface area (Å²) in [6, 6.07) is 15.1. The molecule has 1 atom stereocenters. The molecule has 210 valence electrons. The van der Waals surface area contributed by atoms with Crippen LogP contribution in [0, 0.1) is 5.92 Å². The van der Waals surface area contributed by atoms with Gasteiger partial charge in [0.2, 0.25) is 0 Å². The lowest BCUT2D eigenvalue weighted by atomic mass is 10.1. The van der Waals surface area contributed by atoms with Crippen LogP contribution in [0.1, 0.15) is 55.0 Å². The number of nitrogens with zero attached hydrogens (tertiary/aromatic N) is 3. The molecule has 4 rings (SSSR count). The Labute approximate surface area is 235 Å². The zero-order valence-corrected chi connectivity index (χ0v) is 23.3. The molecule has 0 saturated carbocycles. The van der Waals surface area contributed by atoms with E-state index in [0.29, 0.717) is 33.8 Å². The second-order valence-corrected chi connectivity index (χ2v) is 10.3. The minimum atomic E-state index is -4.60. The highest BCUT2D eigenvalue weighted by Gasteiger charge is 2.33. The first-order valence-corrected chi connectivity index (χ1v) is 13.1. The van der Waals surface area contributed by atoms with Crippen LogP contribution in [-0.4, -0.2) is 34.0 Å². The molecule has 0 saturated heterocycles. The van der Waals surface area contributed by atoms with Gasteiger partial charge in [-0.1, -0.05) is 31.5 Å². The maximum atomic E-state index is 13.8. The van der Waals surface area contributed by atoms with Gasteiger partial charge in [-0.3, -0.25) is 14.2 Å². The topological polar surface area (TPSA) is 64.4 Å². The number of halogens is 4. The Morgan fingerprint density at radius 3 is 2.38 bits per heavy atom. The van der Waals surface area contributed by atoms with Crippen LogP contribution in [0.2, 0.25) is 5.02 Å². The number of fused-ring (bicyclic) bond motifs is 1. The number of methoxy groups -OCH3 is 1. The summed E-state index contributed by atoms with van der Waals surface area (Å²) in [7, 11) is 1.53. The summed E-state index contributed by atoms with van der Waals surface area (Å²) >= 11 is 6.20. The van der Waals surface area contributed by atoms with E-state index in [9.17, 15) is 22.8 Å². The third kappa shape index (κ3) is 6.14. The Balaban J connectivity index is 1.90. The third-order valence-corrected chi connectivity index (χ3v) is 6.91. The molecule has 1 unspecified atom stereocenters. The first-order valence-electron chi connectivity index (χ1n) is 12.8. The summed E-state index contributed by atoms with van der Waals surface area (Å²) in [5.74, 6) is 0.441. The van der Waals surface area contributed by atoms with Crippen molar-refractivity contribution in [2.75, 3.05) is 13.7 Å². The first kappa shape index (κ1) is 29.1. The van der Waals surface area contributed by atoms with Crippen LogP contribution in [0.5, 0.6) is 5.75 Å². The number of amides is 1. The molecule has 6 nitrogen and oxygen atoms in total. The minimum absolute atomic E-state index is 0.104. The van der Waals surface area contributed by atoms with Crippen molar-refractivity contribution < 1.29 is 22.7 Å².